The second-order valence-corrected chi connectivity index (χ2v) is 6.96. The smallest absolute Gasteiger partial charge is 0.0897 e. The van der Waals surface area contributed by atoms with E-state index in [0.717, 1.165) is 24.0 Å². The molecule has 1 aromatic rings. The van der Waals surface area contributed by atoms with Crippen LogP contribution in [0.3, 0.4) is 0 Å². The van der Waals surface area contributed by atoms with Gasteiger partial charge in [0.2, 0.25) is 0 Å². The van der Waals surface area contributed by atoms with E-state index in [0.29, 0.717) is 6.04 Å². The van der Waals surface area contributed by atoms with Gasteiger partial charge < -0.3 is 5.73 Å². The number of hydrogen-bond acceptors (Lipinski definition) is 4. The van der Waals surface area contributed by atoms with Crippen LogP contribution in [0.4, 0.5) is 0 Å². The van der Waals surface area contributed by atoms with Crippen molar-refractivity contribution in [3.05, 3.63) is 16.1 Å². The SMILES string of the molecule is Cc1nc(CN(C)C(CN)CC2CCCCC2)cs1. The van der Waals surface area contributed by atoms with Crippen LogP contribution in [0.2, 0.25) is 0 Å². The first-order chi connectivity index (χ1) is 9.19. The summed E-state index contributed by atoms with van der Waals surface area (Å²) >= 11 is 1.73. The molecule has 1 aliphatic carbocycles. The number of likely N-dealkylation sites (N-methyl/N-ethyl adjacent to an activating group) is 1. The maximum absolute atomic E-state index is 5.99. The van der Waals surface area contributed by atoms with Crippen LogP contribution in [-0.4, -0.2) is 29.5 Å². The van der Waals surface area contributed by atoms with Crippen LogP contribution in [0.15, 0.2) is 5.38 Å². The van der Waals surface area contributed by atoms with Gasteiger partial charge in [0.25, 0.3) is 0 Å². The number of thiazole rings is 1. The number of rotatable bonds is 6. The van der Waals surface area contributed by atoms with Crippen molar-refractivity contribution in [2.24, 2.45) is 11.7 Å². The molecular weight excluding hydrogens is 254 g/mol. The molecule has 19 heavy (non-hydrogen) atoms. The van der Waals surface area contributed by atoms with E-state index in [9.17, 15) is 0 Å². The third-order valence-corrected chi connectivity index (χ3v) is 5.13. The molecule has 0 bridgehead atoms. The van der Waals surface area contributed by atoms with E-state index >= 15 is 0 Å². The van der Waals surface area contributed by atoms with Gasteiger partial charge in [-0.1, -0.05) is 32.1 Å². The summed E-state index contributed by atoms with van der Waals surface area (Å²) in [5, 5.41) is 3.32. The van der Waals surface area contributed by atoms with Crippen LogP contribution < -0.4 is 5.73 Å². The van der Waals surface area contributed by atoms with Crippen molar-refractivity contribution < 1.29 is 0 Å². The highest BCUT2D eigenvalue weighted by Crippen LogP contribution is 2.28. The lowest BCUT2D eigenvalue weighted by atomic mass is 9.84. The molecular formula is C15H27N3S. The van der Waals surface area contributed by atoms with E-state index in [2.05, 4.69) is 29.2 Å². The summed E-state index contributed by atoms with van der Waals surface area (Å²) in [6.07, 6.45) is 8.32. The highest BCUT2D eigenvalue weighted by molar-refractivity contribution is 7.09. The minimum absolute atomic E-state index is 0.505. The Bertz CT molecular complexity index is 371. The largest absolute Gasteiger partial charge is 0.329 e. The lowest BCUT2D eigenvalue weighted by Crippen LogP contribution is -2.39. The van der Waals surface area contributed by atoms with E-state index in [-0.39, 0.29) is 0 Å². The Morgan fingerprint density at radius 2 is 2.16 bits per heavy atom. The predicted octanol–water partition coefficient (Wildman–Crippen LogP) is 3.18. The van der Waals surface area contributed by atoms with Gasteiger partial charge in [-0.05, 0) is 26.3 Å². The van der Waals surface area contributed by atoms with Gasteiger partial charge in [0, 0.05) is 24.5 Å². The first-order valence-corrected chi connectivity index (χ1v) is 8.38. The number of hydrogen-bond donors (Lipinski definition) is 1. The molecule has 1 fully saturated rings. The molecule has 0 aliphatic heterocycles. The molecule has 1 saturated carbocycles. The molecule has 4 heteroatoms. The molecule has 108 valence electrons. The third kappa shape index (κ3) is 4.55. The maximum Gasteiger partial charge on any atom is 0.0897 e. The monoisotopic (exact) mass is 281 g/mol. The number of aromatic nitrogens is 1. The fourth-order valence-electron chi connectivity index (χ4n) is 3.13. The standard InChI is InChI=1S/C15H27N3S/c1-12-17-14(11-19-12)10-18(2)15(9-16)8-13-6-4-3-5-7-13/h11,13,15H,3-10,16H2,1-2H3. The van der Waals surface area contributed by atoms with Crippen molar-refractivity contribution in [2.45, 2.75) is 58.0 Å². The molecule has 0 aromatic carbocycles. The van der Waals surface area contributed by atoms with E-state index in [1.807, 2.05) is 0 Å². The molecule has 0 spiro atoms. The second kappa shape index (κ2) is 7.36. The van der Waals surface area contributed by atoms with Crippen molar-refractivity contribution in [3.8, 4) is 0 Å². The van der Waals surface area contributed by atoms with Gasteiger partial charge in [-0.15, -0.1) is 11.3 Å². The van der Waals surface area contributed by atoms with Crippen LogP contribution in [0.25, 0.3) is 0 Å². The maximum atomic E-state index is 5.99. The molecule has 1 aliphatic rings. The summed E-state index contributed by atoms with van der Waals surface area (Å²) in [6.45, 7) is 3.76. The molecule has 1 aromatic heterocycles. The van der Waals surface area contributed by atoms with Gasteiger partial charge in [-0.2, -0.15) is 0 Å². The summed E-state index contributed by atoms with van der Waals surface area (Å²) in [7, 11) is 2.19. The summed E-state index contributed by atoms with van der Waals surface area (Å²) in [6, 6.07) is 0.505. The summed E-state index contributed by atoms with van der Waals surface area (Å²) in [5.74, 6) is 0.891. The number of aryl methyl sites for hydroxylation is 1. The Hall–Kier alpha value is -0.450. The Morgan fingerprint density at radius 1 is 1.42 bits per heavy atom. The lowest BCUT2D eigenvalue weighted by Gasteiger charge is -2.31. The van der Waals surface area contributed by atoms with Crippen molar-refractivity contribution in [2.75, 3.05) is 13.6 Å². The van der Waals surface area contributed by atoms with E-state index in [4.69, 9.17) is 5.73 Å². The van der Waals surface area contributed by atoms with E-state index in [1.165, 1.54) is 44.2 Å². The second-order valence-electron chi connectivity index (χ2n) is 5.90. The van der Waals surface area contributed by atoms with Crippen molar-refractivity contribution in [1.29, 1.82) is 0 Å². The molecule has 1 heterocycles. The normalized spacial score (nSPS) is 18.9. The first-order valence-electron chi connectivity index (χ1n) is 7.50. The first kappa shape index (κ1) is 14.9. The predicted molar refractivity (Wildman–Crippen MR) is 82.4 cm³/mol. The summed E-state index contributed by atoms with van der Waals surface area (Å²) in [5.41, 5.74) is 7.18. The molecule has 2 N–H and O–H groups in total. The topological polar surface area (TPSA) is 42.2 Å². The molecule has 3 nitrogen and oxygen atoms in total. The molecule has 1 atom stereocenters. The lowest BCUT2D eigenvalue weighted by molar-refractivity contribution is 0.183. The quantitative estimate of drug-likeness (QED) is 0.871. The Morgan fingerprint density at radius 3 is 2.74 bits per heavy atom. The zero-order chi connectivity index (χ0) is 13.7. The van der Waals surface area contributed by atoms with Crippen molar-refractivity contribution in [3.63, 3.8) is 0 Å². The Kier molecular flexibility index (Phi) is 5.79. The highest BCUT2D eigenvalue weighted by Gasteiger charge is 2.21. The van der Waals surface area contributed by atoms with Crippen LogP contribution >= 0.6 is 11.3 Å². The van der Waals surface area contributed by atoms with Gasteiger partial charge in [-0.25, -0.2) is 4.98 Å². The fourth-order valence-corrected chi connectivity index (χ4v) is 3.73. The Balaban J connectivity index is 1.85. The molecule has 2 rings (SSSR count). The van der Waals surface area contributed by atoms with Gasteiger partial charge in [0.15, 0.2) is 0 Å². The molecule has 0 radical (unpaired) electrons. The van der Waals surface area contributed by atoms with Crippen LogP contribution in [0, 0.1) is 12.8 Å². The average Bonchev–Trinajstić information content (AvgIpc) is 2.82. The van der Waals surface area contributed by atoms with Crippen molar-refractivity contribution >= 4 is 11.3 Å². The van der Waals surface area contributed by atoms with Gasteiger partial charge in [0.1, 0.15) is 0 Å². The van der Waals surface area contributed by atoms with E-state index in [1.54, 1.807) is 11.3 Å². The highest BCUT2D eigenvalue weighted by atomic mass is 32.1. The van der Waals surface area contributed by atoms with Crippen molar-refractivity contribution in [1.82, 2.24) is 9.88 Å². The Labute approximate surface area is 121 Å². The molecule has 0 saturated heterocycles. The number of nitrogens with two attached hydrogens (primary N) is 1. The zero-order valence-corrected chi connectivity index (χ0v) is 13.1. The minimum atomic E-state index is 0.505. The van der Waals surface area contributed by atoms with Gasteiger partial charge in [0.05, 0.1) is 10.7 Å². The number of nitrogens with zero attached hydrogens (tertiary/aromatic N) is 2. The third-order valence-electron chi connectivity index (χ3n) is 4.30. The van der Waals surface area contributed by atoms with Gasteiger partial charge in [-0.3, -0.25) is 4.90 Å². The fraction of sp³-hybridized carbons (Fsp3) is 0.800. The molecule has 1 unspecified atom stereocenters. The van der Waals surface area contributed by atoms with Gasteiger partial charge >= 0.3 is 0 Å². The van der Waals surface area contributed by atoms with Crippen LogP contribution in [-0.2, 0) is 6.54 Å². The minimum Gasteiger partial charge on any atom is -0.329 e. The van der Waals surface area contributed by atoms with Crippen LogP contribution in [0.5, 0.6) is 0 Å². The average molecular weight is 281 g/mol. The summed E-state index contributed by atoms with van der Waals surface area (Å²) < 4.78 is 0. The summed E-state index contributed by atoms with van der Waals surface area (Å²) in [4.78, 5) is 6.94. The van der Waals surface area contributed by atoms with E-state index < -0.39 is 0 Å². The zero-order valence-electron chi connectivity index (χ0n) is 12.3. The van der Waals surface area contributed by atoms with Crippen LogP contribution in [0.1, 0.15) is 49.2 Å². The molecule has 0 amide bonds.